The summed E-state index contributed by atoms with van der Waals surface area (Å²) < 4.78 is 12.5. The van der Waals surface area contributed by atoms with Gasteiger partial charge in [0, 0.05) is 18.1 Å². The first-order chi connectivity index (χ1) is 12.6. The number of hydrogen-bond donors (Lipinski definition) is 1. The van der Waals surface area contributed by atoms with E-state index in [0.717, 1.165) is 0 Å². The number of carbonyl (C=O) groups excluding carboxylic acids is 1. The Morgan fingerprint density at radius 2 is 1.81 bits per heavy atom. The lowest BCUT2D eigenvalue weighted by molar-refractivity contribution is -0.118. The van der Waals surface area contributed by atoms with Crippen LogP contribution < -0.4 is 20.3 Å². The molecule has 0 bridgehead atoms. The smallest absolute Gasteiger partial charge is 0.262 e. The van der Waals surface area contributed by atoms with E-state index in [4.69, 9.17) is 9.47 Å². The lowest BCUT2D eigenvalue weighted by atomic mass is 10.1. The van der Waals surface area contributed by atoms with E-state index in [9.17, 15) is 9.59 Å². The Balaban J connectivity index is 1.76. The van der Waals surface area contributed by atoms with Crippen molar-refractivity contribution in [3.8, 4) is 11.5 Å². The van der Waals surface area contributed by atoms with Crippen molar-refractivity contribution in [1.82, 2.24) is 4.57 Å². The molecule has 3 rings (SSSR count). The largest absolute Gasteiger partial charge is 0.495 e. The second-order valence-corrected chi connectivity index (χ2v) is 5.66. The van der Waals surface area contributed by atoms with E-state index in [1.165, 1.54) is 0 Å². The molecule has 0 fully saturated rings. The minimum atomic E-state index is -0.312. The van der Waals surface area contributed by atoms with Crippen LogP contribution in [0.1, 0.15) is 6.92 Å². The number of nitrogens with zero attached hydrogens (tertiary/aromatic N) is 1. The number of aryl methyl sites for hydroxylation is 1. The number of nitrogens with one attached hydrogen (secondary N) is 1. The van der Waals surface area contributed by atoms with Crippen molar-refractivity contribution in [2.24, 2.45) is 0 Å². The van der Waals surface area contributed by atoms with Crippen LogP contribution in [0.25, 0.3) is 10.8 Å². The second kappa shape index (κ2) is 7.74. The molecule has 0 aliphatic rings. The van der Waals surface area contributed by atoms with Crippen molar-refractivity contribution < 1.29 is 14.3 Å². The van der Waals surface area contributed by atoms with Crippen LogP contribution in [0.15, 0.2) is 59.5 Å². The molecule has 0 saturated heterocycles. The average molecular weight is 352 g/mol. The van der Waals surface area contributed by atoms with Crippen LogP contribution in [0, 0.1) is 0 Å². The third kappa shape index (κ3) is 3.54. The normalized spacial score (nSPS) is 10.5. The summed E-state index contributed by atoms with van der Waals surface area (Å²) in [6.45, 7) is 2.34. The van der Waals surface area contributed by atoms with Crippen molar-refractivity contribution in [3.63, 3.8) is 0 Å². The minimum absolute atomic E-state index is 0.0751. The molecule has 6 nitrogen and oxygen atoms in total. The van der Waals surface area contributed by atoms with Gasteiger partial charge in [0.1, 0.15) is 11.5 Å². The molecule has 0 atom stereocenters. The highest BCUT2D eigenvalue weighted by atomic mass is 16.5. The van der Waals surface area contributed by atoms with E-state index >= 15 is 0 Å². The summed E-state index contributed by atoms with van der Waals surface area (Å²) in [6.07, 6.45) is 1.73. The van der Waals surface area contributed by atoms with Gasteiger partial charge in [-0.1, -0.05) is 18.2 Å². The summed E-state index contributed by atoms with van der Waals surface area (Å²) in [4.78, 5) is 24.6. The van der Waals surface area contributed by atoms with E-state index in [-0.39, 0.29) is 18.1 Å². The molecule has 0 aliphatic carbocycles. The molecule has 6 heteroatoms. The number of methoxy groups -OCH3 is 1. The molecule has 26 heavy (non-hydrogen) atoms. The maximum Gasteiger partial charge on any atom is 0.262 e. The Bertz CT molecular complexity index is 995. The number of rotatable bonds is 6. The lowest BCUT2D eigenvalue weighted by Crippen LogP contribution is -2.21. The van der Waals surface area contributed by atoms with Crippen LogP contribution in [0.5, 0.6) is 11.5 Å². The maximum absolute atomic E-state index is 12.4. The first-order valence-electron chi connectivity index (χ1n) is 8.32. The standard InChI is InChI=1S/C20H20N2O4/c1-3-22-12-11-14-15(20(22)24)7-6-10-17(14)26-13-19(23)21-16-8-4-5-9-18(16)25-2/h4-12H,3,13H2,1-2H3,(H,21,23). The molecule has 3 aromatic rings. The van der Waals surface area contributed by atoms with Crippen molar-refractivity contribution in [2.75, 3.05) is 19.0 Å². The number of carbonyl (C=O) groups is 1. The van der Waals surface area contributed by atoms with Gasteiger partial charge in [-0.15, -0.1) is 0 Å². The van der Waals surface area contributed by atoms with Gasteiger partial charge < -0.3 is 19.4 Å². The van der Waals surface area contributed by atoms with Crippen LogP contribution in [0.4, 0.5) is 5.69 Å². The molecule has 0 spiro atoms. The average Bonchev–Trinajstić information content (AvgIpc) is 2.67. The zero-order valence-electron chi connectivity index (χ0n) is 14.7. The van der Waals surface area contributed by atoms with Crippen LogP contribution in [-0.4, -0.2) is 24.2 Å². The number of ether oxygens (including phenoxy) is 2. The van der Waals surface area contributed by atoms with Crippen molar-refractivity contribution in [1.29, 1.82) is 0 Å². The number of hydrogen-bond acceptors (Lipinski definition) is 4. The molecular weight excluding hydrogens is 332 g/mol. The summed E-state index contributed by atoms with van der Waals surface area (Å²) in [6, 6.07) is 14.2. The predicted molar refractivity (Wildman–Crippen MR) is 101 cm³/mol. The zero-order chi connectivity index (χ0) is 18.5. The second-order valence-electron chi connectivity index (χ2n) is 5.66. The fourth-order valence-corrected chi connectivity index (χ4v) is 2.74. The molecule has 1 heterocycles. The molecule has 0 saturated carbocycles. The van der Waals surface area contributed by atoms with Gasteiger partial charge in [0.25, 0.3) is 11.5 Å². The van der Waals surface area contributed by atoms with Crippen LogP contribution in [0.2, 0.25) is 0 Å². The van der Waals surface area contributed by atoms with Gasteiger partial charge in [0.05, 0.1) is 18.2 Å². The Kier molecular flexibility index (Phi) is 5.22. The number of amides is 1. The number of aromatic nitrogens is 1. The minimum Gasteiger partial charge on any atom is -0.495 e. The Morgan fingerprint density at radius 1 is 1.04 bits per heavy atom. The third-order valence-corrected chi connectivity index (χ3v) is 4.06. The summed E-state index contributed by atoms with van der Waals surface area (Å²) in [5, 5.41) is 4.01. The maximum atomic E-state index is 12.4. The Labute approximate surface area is 151 Å². The highest BCUT2D eigenvalue weighted by molar-refractivity contribution is 5.94. The van der Waals surface area contributed by atoms with Gasteiger partial charge in [0.2, 0.25) is 0 Å². The number of para-hydroxylation sites is 2. The molecule has 1 N–H and O–H groups in total. The van der Waals surface area contributed by atoms with Gasteiger partial charge in [-0.25, -0.2) is 0 Å². The molecular formula is C20H20N2O4. The van der Waals surface area contributed by atoms with Crippen LogP contribution >= 0.6 is 0 Å². The van der Waals surface area contributed by atoms with Gasteiger partial charge in [-0.05, 0) is 37.3 Å². The Hall–Kier alpha value is -3.28. The highest BCUT2D eigenvalue weighted by Gasteiger charge is 2.10. The highest BCUT2D eigenvalue weighted by Crippen LogP contribution is 2.24. The summed E-state index contributed by atoms with van der Waals surface area (Å²) in [5.74, 6) is 0.762. The van der Waals surface area contributed by atoms with E-state index in [1.54, 1.807) is 48.2 Å². The summed E-state index contributed by atoms with van der Waals surface area (Å²) >= 11 is 0. The van der Waals surface area contributed by atoms with Crippen molar-refractivity contribution in [3.05, 3.63) is 65.1 Å². The number of anilines is 1. The summed E-state index contributed by atoms with van der Waals surface area (Å²) in [5.41, 5.74) is 0.501. The zero-order valence-corrected chi connectivity index (χ0v) is 14.7. The van der Waals surface area contributed by atoms with E-state index in [2.05, 4.69) is 5.32 Å². The molecule has 0 radical (unpaired) electrons. The predicted octanol–water partition coefficient (Wildman–Crippen LogP) is 3.05. The lowest BCUT2D eigenvalue weighted by Gasteiger charge is -2.12. The SMILES string of the molecule is CCn1ccc2c(OCC(=O)Nc3ccccc3OC)cccc2c1=O. The van der Waals surface area contributed by atoms with Gasteiger partial charge in [-0.3, -0.25) is 9.59 Å². The molecule has 134 valence electrons. The Morgan fingerprint density at radius 3 is 2.58 bits per heavy atom. The monoisotopic (exact) mass is 352 g/mol. The topological polar surface area (TPSA) is 69.6 Å². The van der Waals surface area contributed by atoms with Gasteiger partial charge in [0.15, 0.2) is 6.61 Å². The third-order valence-electron chi connectivity index (χ3n) is 4.06. The van der Waals surface area contributed by atoms with Crippen LogP contribution in [-0.2, 0) is 11.3 Å². The quantitative estimate of drug-likeness (QED) is 0.740. The number of pyridine rings is 1. The van der Waals surface area contributed by atoms with Crippen molar-refractivity contribution >= 4 is 22.4 Å². The molecule has 1 aromatic heterocycles. The number of fused-ring (bicyclic) bond motifs is 1. The first-order valence-corrected chi connectivity index (χ1v) is 8.32. The molecule has 0 unspecified atom stereocenters. The van der Waals surface area contributed by atoms with E-state index in [1.807, 2.05) is 25.1 Å². The van der Waals surface area contributed by atoms with Crippen molar-refractivity contribution in [2.45, 2.75) is 13.5 Å². The molecule has 2 aromatic carbocycles. The van der Waals surface area contributed by atoms with E-state index < -0.39 is 0 Å². The van der Waals surface area contributed by atoms with E-state index in [0.29, 0.717) is 34.5 Å². The molecule has 0 aliphatic heterocycles. The van der Waals surface area contributed by atoms with Gasteiger partial charge >= 0.3 is 0 Å². The molecule has 1 amide bonds. The summed E-state index contributed by atoms with van der Waals surface area (Å²) in [7, 11) is 1.54. The van der Waals surface area contributed by atoms with Gasteiger partial charge in [-0.2, -0.15) is 0 Å². The fraction of sp³-hybridized carbons (Fsp3) is 0.200. The van der Waals surface area contributed by atoms with Crippen LogP contribution in [0.3, 0.4) is 0 Å². The fourth-order valence-electron chi connectivity index (χ4n) is 2.74. The first kappa shape index (κ1) is 17.5. The number of benzene rings is 2.